The highest BCUT2D eigenvalue weighted by Crippen LogP contribution is 2.00. The van der Waals surface area contributed by atoms with Gasteiger partial charge in [-0.2, -0.15) is 0 Å². The lowest BCUT2D eigenvalue weighted by molar-refractivity contribution is -0.146. The molecule has 7 heteroatoms. The Labute approximate surface area is 85.9 Å². The third-order valence-corrected chi connectivity index (χ3v) is 1.67. The van der Waals surface area contributed by atoms with Crippen molar-refractivity contribution in [3.05, 3.63) is 0 Å². The molecule has 0 aromatic rings. The number of carboxylic acids is 3. The number of aliphatic carboxylic acids is 3. The molecule has 0 radical (unpaired) electrons. The predicted molar refractivity (Wildman–Crippen MR) is 48.5 cm³/mol. The molecule has 0 saturated carbocycles. The van der Waals surface area contributed by atoms with Crippen molar-refractivity contribution < 1.29 is 29.7 Å². The number of hydrogen-bond acceptors (Lipinski definition) is 4. The van der Waals surface area contributed by atoms with E-state index in [1.54, 1.807) is 0 Å². The molecule has 0 amide bonds. The summed E-state index contributed by atoms with van der Waals surface area (Å²) in [6.45, 7) is 0.320. The van der Waals surface area contributed by atoms with Crippen molar-refractivity contribution in [1.29, 1.82) is 0 Å². The maximum Gasteiger partial charge on any atom is 0.317 e. The van der Waals surface area contributed by atoms with Crippen LogP contribution in [-0.2, 0) is 14.4 Å². The molecule has 0 rings (SSSR count). The molecule has 0 saturated heterocycles. The second-order valence-electron chi connectivity index (χ2n) is 3.20. The van der Waals surface area contributed by atoms with Crippen LogP contribution < -0.4 is 0 Å². The Hall–Kier alpha value is -1.63. The molecule has 86 valence electrons. The van der Waals surface area contributed by atoms with Gasteiger partial charge in [-0.25, -0.2) is 0 Å². The van der Waals surface area contributed by atoms with E-state index in [1.165, 1.54) is 6.92 Å². The van der Waals surface area contributed by atoms with Crippen LogP contribution in [-0.4, -0.2) is 57.8 Å². The third-order valence-electron chi connectivity index (χ3n) is 1.67. The Bertz CT molecular complexity index is 248. The maximum atomic E-state index is 10.5. The Balaban J connectivity index is 4.29. The van der Waals surface area contributed by atoms with Crippen LogP contribution in [0.3, 0.4) is 0 Å². The Morgan fingerprint density at radius 1 is 1.07 bits per heavy atom. The molecular weight excluding hydrogens is 206 g/mol. The zero-order chi connectivity index (χ0) is 12.0. The van der Waals surface area contributed by atoms with Gasteiger partial charge in [-0.05, 0) is 0 Å². The molecular formula is C8H13NO6. The fourth-order valence-corrected chi connectivity index (χ4v) is 1.03. The molecule has 0 aliphatic carbocycles. The highest BCUT2D eigenvalue weighted by Gasteiger charge is 2.19. The van der Waals surface area contributed by atoms with Gasteiger partial charge in [0.2, 0.25) is 0 Å². The summed E-state index contributed by atoms with van der Waals surface area (Å²) in [5, 5.41) is 25.5. The summed E-state index contributed by atoms with van der Waals surface area (Å²) in [6.07, 6.45) is 0. The van der Waals surface area contributed by atoms with Crippen LogP contribution in [0, 0.1) is 5.92 Å². The van der Waals surface area contributed by atoms with Gasteiger partial charge in [0.1, 0.15) is 0 Å². The average molecular weight is 219 g/mol. The minimum absolute atomic E-state index is 0.103. The normalized spacial score (nSPS) is 12.4. The van der Waals surface area contributed by atoms with Gasteiger partial charge in [0.25, 0.3) is 0 Å². The lowest BCUT2D eigenvalue weighted by Crippen LogP contribution is -2.39. The highest BCUT2D eigenvalue weighted by molar-refractivity contribution is 5.73. The van der Waals surface area contributed by atoms with Gasteiger partial charge in [-0.15, -0.1) is 0 Å². The van der Waals surface area contributed by atoms with Gasteiger partial charge < -0.3 is 15.3 Å². The molecule has 15 heavy (non-hydrogen) atoms. The number of carbonyl (C=O) groups is 3. The Morgan fingerprint density at radius 3 is 1.73 bits per heavy atom. The largest absolute Gasteiger partial charge is 0.481 e. The molecule has 7 nitrogen and oxygen atoms in total. The molecule has 1 atom stereocenters. The third kappa shape index (κ3) is 6.44. The molecule has 0 heterocycles. The molecule has 0 spiro atoms. The first-order chi connectivity index (χ1) is 6.82. The fourth-order valence-electron chi connectivity index (χ4n) is 1.03. The van der Waals surface area contributed by atoms with E-state index in [4.69, 9.17) is 15.3 Å². The van der Waals surface area contributed by atoms with Crippen LogP contribution in [0.2, 0.25) is 0 Å². The molecule has 1 unspecified atom stereocenters. The molecule has 0 aromatic carbocycles. The SMILES string of the molecule is CC(CN(CC(=O)O)CC(=O)O)C(=O)O. The summed E-state index contributed by atoms with van der Waals surface area (Å²) in [6, 6.07) is 0. The summed E-state index contributed by atoms with van der Waals surface area (Å²) in [7, 11) is 0. The smallest absolute Gasteiger partial charge is 0.317 e. The minimum atomic E-state index is -1.19. The molecule has 0 fully saturated rings. The van der Waals surface area contributed by atoms with E-state index in [1.807, 2.05) is 0 Å². The zero-order valence-corrected chi connectivity index (χ0v) is 8.21. The molecule has 0 aliphatic heterocycles. The van der Waals surface area contributed by atoms with Crippen molar-refractivity contribution in [1.82, 2.24) is 4.90 Å². The standard InChI is InChI=1S/C8H13NO6/c1-5(8(14)15)2-9(3-6(10)11)4-7(12)13/h5H,2-4H2,1H3,(H,10,11)(H,12,13)(H,14,15). The summed E-state index contributed by atoms with van der Waals surface area (Å²) in [5.74, 6) is -4.26. The molecule has 0 bridgehead atoms. The van der Waals surface area contributed by atoms with Crippen molar-refractivity contribution in [2.45, 2.75) is 6.92 Å². The minimum Gasteiger partial charge on any atom is -0.481 e. The Kier molecular flexibility index (Phi) is 5.32. The van der Waals surface area contributed by atoms with Gasteiger partial charge >= 0.3 is 17.9 Å². The fraction of sp³-hybridized carbons (Fsp3) is 0.625. The zero-order valence-electron chi connectivity index (χ0n) is 8.21. The van der Waals surface area contributed by atoms with Crippen LogP contribution >= 0.6 is 0 Å². The van der Waals surface area contributed by atoms with E-state index in [0.29, 0.717) is 0 Å². The van der Waals surface area contributed by atoms with Crippen molar-refractivity contribution in [2.75, 3.05) is 19.6 Å². The number of rotatable bonds is 7. The molecule has 0 aromatic heterocycles. The van der Waals surface area contributed by atoms with Gasteiger partial charge in [-0.3, -0.25) is 19.3 Å². The second-order valence-corrected chi connectivity index (χ2v) is 3.20. The van der Waals surface area contributed by atoms with Crippen LogP contribution in [0.15, 0.2) is 0 Å². The number of carboxylic acid groups (broad SMARTS) is 3. The second kappa shape index (κ2) is 5.97. The maximum absolute atomic E-state index is 10.5. The summed E-state index contributed by atoms with van der Waals surface area (Å²) in [4.78, 5) is 32.3. The van der Waals surface area contributed by atoms with E-state index in [-0.39, 0.29) is 6.54 Å². The van der Waals surface area contributed by atoms with Gasteiger partial charge in [0.15, 0.2) is 0 Å². The first-order valence-corrected chi connectivity index (χ1v) is 4.21. The van der Waals surface area contributed by atoms with Crippen molar-refractivity contribution in [3.8, 4) is 0 Å². The van der Waals surface area contributed by atoms with Crippen LogP contribution in [0.1, 0.15) is 6.92 Å². The van der Waals surface area contributed by atoms with Gasteiger partial charge in [-0.1, -0.05) is 6.92 Å². The van der Waals surface area contributed by atoms with E-state index >= 15 is 0 Å². The quantitative estimate of drug-likeness (QED) is 0.512. The van der Waals surface area contributed by atoms with Gasteiger partial charge in [0, 0.05) is 6.54 Å². The lowest BCUT2D eigenvalue weighted by atomic mass is 10.1. The van der Waals surface area contributed by atoms with Crippen molar-refractivity contribution in [2.24, 2.45) is 5.92 Å². The van der Waals surface area contributed by atoms with E-state index < -0.39 is 36.9 Å². The van der Waals surface area contributed by atoms with Crippen LogP contribution in [0.4, 0.5) is 0 Å². The van der Waals surface area contributed by atoms with E-state index in [9.17, 15) is 14.4 Å². The lowest BCUT2D eigenvalue weighted by Gasteiger charge is -2.19. The monoisotopic (exact) mass is 219 g/mol. The number of nitrogens with zero attached hydrogens (tertiary/aromatic N) is 1. The summed E-state index contributed by atoms with van der Waals surface area (Å²) in [5.41, 5.74) is 0. The summed E-state index contributed by atoms with van der Waals surface area (Å²) < 4.78 is 0. The Morgan fingerprint density at radius 2 is 1.47 bits per heavy atom. The predicted octanol–water partition coefficient (Wildman–Crippen LogP) is -0.822. The molecule has 0 aliphatic rings. The first-order valence-electron chi connectivity index (χ1n) is 4.21. The van der Waals surface area contributed by atoms with E-state index in [0.717, 1.165) is 4.90 Å². The highest BCUT2D eigenvalue weighted by atomic mass is 16.4. The number of hydrogen-bond donors (Lipinski definition) is 3. The molecule has 3 N–H and O–H groups in total. The van der Waals surface area contributed by atoms with Crippen molar-refractivity contribution in [3.63, 3.8) is 0 Å². The van der Waals surface area contributed by atoms with Crippen molar-refractivity contribution >= 4 is 17.9 Å². The van der Waals surface area contributed by atoms with Crippen LogP contribution in [0.25, 0.3) is 0 Å². The average Bonchev–Trinajstić information content (AvgIpc) is 2.00. The van der Waals surface area contributed by atoms with Crippen LogP contribution in [0.5, 0.6) is 0 Å². The van der Waals surface area contributed by atoms with E-state index in [2.05, 4.69) is 0 Å². The first kappa shape index (κ1) is 13.4. The topological polar surface area (TPSA) is 115 Å². The summed E-state index contributed by atoms with van der Waals surface area (Å²) >= 11 is 0. The van der Waals surface area contributed by atoms with Gasteiger partial charge in [0.05, 0.1) is 19.0 Å².